The zero-order valence-electron chi connectivity index (χ0n) is 16.4. The van der Waals surface area contributed by atoms with Crippen LogP contribution in [0.3, 0.4) is 0 Å². The molecule has 1 N–H and O–H groups in total. The van der Waals surface area contributed by atoms with Crippen LogP contribution in [0.15, 0.2) is 41.7 Å². The van der Waals surface area contributed by atoms with E-state index in [0.717, 1.165) is 37.2 Å². The first-order valence-corrected chi connectivity index (χ1v) is 10.9. The van der Waals surface area contributed by atoms with Gasteiger partial charge in [0, 0.05) is 5.92 Å². The van der Waals surface area contributed by atoms with E-state index in [0.29, 0.717) is 12.3 Å². The molecule has 1 aliphatic heterocycles. The van der Waals surface area contributed by atoms with Crippen LogP contribution >= 0.6 is 0 Å². The molecule has 28 heavy (non-hydrogen) atoms. The number of Topliss-reactive ketones (excluding diaryl/α,β-unsaturated/α-hetero) is 1. The van der Waals surface area contributed by atoms with Gasteiger partial charge in [-0.1, -0.05) is 68.9 Å². The predicted molar refractivity (Wildman–Crippen MR) is 107 cm³/mol. The zero-order valence-corrected chi connectivity index (χ0v) is 16.4. The number of carbonyl (C=O) groups is 2. The normalized spacial score (nSPS) is 24.9. The summed E-state index contributed by atoms with van der Waals surface area (Å²) in [6.07, 6.45) is 10.1. The first-order valence-electron chi connectivity index (χ1n) is 10.9. The van der Waals surface area contributed by atoms with E-state index in [1.165, 1.54) is 32.1 Å². The molecule has 2 saturated carbocycles. The van der Waals surface area contributed by atoms with E-state index >= 15 is 0 Å². The number of hydrogen-bond acceptors (Lipinski definition) is 4. The van der Waals surface area contributed by atoms with Gasteiger partial charge in [-0.15, -0.1) is 0 Å². The van der Waals surface area contributed by atoms with Crippen LogP contribution in [0, 0.1) is 11.8 Å². The Morgan fingerprint density at radius 3 is 2.36 bits per heavy atom. The van der Waals surface area contributed by atoms with Crippen LogP contribution in [0.4, 0.5) is 0 Å². The van der Waals surface area contributed by atoms with E-state index in [-0.39, 0.29) is 17.3 Å². The van der Waals surface area contributed by atoms with Crippen molar-refractivity contribution < 1.29 is 19.4 Å². The molecule has 0 saturated heterocycles. The van der Waals surface area contributed by atoms with Gasteiger partial charge in [-0.3, -0.25) is 4.79 Å². The Balaban J connectivity index is 1.45. The Morgan fingerprint density at radius 2 is 1.68 bits per heavy atom. The van der Waals surface area contributed by atoms with Crippen molar-refractivity contribution in [2.45, 2.75) is 76.2 Å². The topological polar surface area (TPSA) is 63.6 Å². The van der Waals surface area contributed by atoms with Gasteiger partial charge >= 0.3 is 5.97 Å². The number of cyclic esters (lactones) is 1. The van der Waals surface area contributed by atoms with Crippen LogP contribution in [-0.2, 0) is 14.3 Å². The minimum atomic E-state index is -0.824. The maximum absolute atomic E-state index is 12.8. The molecule has 4 heteroatoms. The van der Waals surface area contributed by atoms with E-state index in [9.17, 15) is 14.7 Å². The molecular formula is C24H30O4. The number of benzene rings is 1. The summed E-state index contributed by atoms with van der Waals surface area (Å²) in [5, 5.41) is 10.7. The summed E-state index contributed by atoms with van der Waals surface area (Å²) in [7, 11) is 0. The van der Waals surface area contributed by atoms with Crippen molar-refractivity contribution in [3.05, 3.63) is 47.2 Å². The minimum Gasteiger partial charge on any atom is -0.504 e. The smallest absolute Gasteiger partial charge is 0.339 e. The Morgan fingerprint density at radius 1 is 0.964 bits per heavy atom. The second-order valence-corrected chi connectivity index (χ2v) is 8.68. The van der Waals surface area contributed by atoms with E-state index in [1.54, 1.807) is 0 Å². The van der Waals surface area contributed by atoms with E-state index < -0.39 is 17.9 Å². The Labute approximate surface area is 167 Å². The summed E-state index contributed by atoms with van der Waals surface area (Å²) in [6.45, 7) is 0. The van der Waals surface area contributed by atoms with Crippen LogP contribution in [0.1, 0.15) is 75.7 Å². The summed E-state index contributed by atoms with van der Waals surface area (Å²) >= 11 is 0. The van der Waals surface area contributed by atoms with Gasteiger partial charge in [-0.25, -0.2) is 4.79 Å². The highest BCUT2D eigenvalue weighted by Gasteiger charge is 2.45. The summed E-state index contributed by atoms with van der Waals surface area (Å²) in [6, 6.07) is 9.68. The van der Waals surface area contributed by atoms with Crippen LogP contribution < -0.4 is 0 Å². The number of ether oxygens (including phenoxy) is 1. The first kappa shape index (κ1) is 19.2. The van der Waals surface area contributed by atoms with Crippen LogP contribution in [0.2, 0.25) is 0 Å². The lowest BCUT2D eigenvalue weighted by Gasteiger charge is -2.28. The standard InChI is InChI=1S/C24H30O4/c25-22-19(13-7-10-16-8-3-1-4-9-16)28-24(27)21(23(22)26)20(18-14-15-18)17-11-5-2-6-12-17/h2,5-6,11-12,16,18-20,26H,1,3-4,7-10,13-15H2. The number of ketones is 1. The summed E-state index contributed by atoms with van der Waals surface area (Å²) < 4.78 is 5.55. The molecule has 3 aliphatic rings. The number of hydrogen-bond donors (Lipinski definition) is 1. The molecule has 150 valence electrons. The summed E-state index contributed by atoms with van der Waals surface area (Å²) in [5.41, 5.74) is 1.13. The second kappa shape index (κ2) is 8.50. The molecule has 0 radical (unpaired) electrons. The molecule has 4 rings (SSSR count). The highest BCUT2D eigenvalue weighted by Crippen LogP contribution is 2.48. The van der Waals surface area contributed by atoms with E-state index in [4.69, 9.17) is 4.74 Å². The quantitative estimate of drug-likeness (QED) is 0.655. The number of rotatable bonds is 7. The van der Waals surface area contributed by atoms with Crippen molar-refractivity contribution in [1.82, 2.24) is 0 Å². The molecule has 2 aliphatic carbocycles. The molecular weight excluding hydrogens is 352 g/mol. The lowest BCUT2D eigenvalue weighted by molar-refractivity contribution is -0.155. The van der Waals surface area contributed by atoms with Gasteiger partial charge in [0.2, 0.25) is 5.78 Å². The predicted octanol–water partition coefficient (Wildman–Crippen LogP) is 5.24. The molecule has 0 aromatic heterocycles. The highest BCUT2D eigenvalue weighted by molar-refractivity contribution is 6.09. The fraction of sp³-hybridized carbons (Fsp3) is 0.583. The molecule has 1 aromatic rings. The van der Waals surface area contributed by atoms with Crippen LogP contribution in [-0.4, -0.2) is 23.0 Å². The van der Waals surface area contributed by atoms with Crippen molar-refractivity contribution in [3.8, 4) is 0 Å². The number of esters is 1. The van der Waals surface area contributed by atoms with Gasteiger partial charge in [0.25, 0.3) is 0 Å². The minimum absolute atomic E-state index is 0.169. The van der Waals surface area contributed by atoms with Gasteiger partial charge in [0.15, 0.2) is 11.9 Å². The summed E-state index contributed by atoms with van der Waals surface area (Å²) in [5.74, 6) is -0.510. The van der Waals surface area contributed by atoms with Crippen LogP contribution in [0.25, 0.3) is 0 Å². The van der Waals surface area contributed by atoms with Crippen molar-refractivity contribution in [1.29, 1.82) is 0 Å². The van der Waals surface area contributed by atoms with Crippen LogP contribution in [0.5, 0.6) is 0 Å². The Bertz CT molecular complexity index is 741. The largest absolute Gasteiger partial charge is 0.504 e. The van der Waals surface area contributed by atoms with Gasteiger partial charge in [0.1, 0.15) is 0 Å². The molecule has 4 nitrogen and oxygen atoms in total. The molecule has 1 heterocycles. The lowest BCUT2D eigenvalue weighted by Crippen LogP contribution is -2.37. The Hall–Kier alpha value is -2.10. The highest BCUT2D eigenvalue weighted by atomic mass is 16.6. The molecule has 2 unspecified atom stereocenters. The molecule has 0 spiro atoms. The fourth-order valence-corrected chi connectivity index (χ4v) is 4.92. The summed E-state index contributed by atoms with van der Waals surface area (Å²) in [4.78, 5) is 25.5. The van der Waals surface area contributed by atoms with Crippen molar-refractivity contribution >= 4 is 11.8 Å². The number of carbonyl (C=O) groups excluding carboxylic acids is 2. The third kappa shape index (κ3) is 4.16. The van der Waals surface area contributed by atoms with Gasteiger partial charge in [-0.2, -0.15) is 0 Å². The van der Waals surface area contributed by atoms with Gasteiger partial charge < -0.3 is 9.84 Å². The molecule has 0 bridgehead atoms. The zero-order chi connectivity index (χ0) is 19.5. The van der Waals surface area contributed by atoms with E-state index in [1.807, 2.05) is 30.3 Å². The fourth-order valence-electron chi connectivity index (χ4n) is 4.92. The first-order chi connectivity index (χ1) is 13.6. The average molecular weight is 383 g/mol. The maximum atomic E-state index is 12.8. The van der Waals surface area contributed by atoms with E-state index in [2.05, 4.69) is 0 Å². The number of aliphatic hydroxyl groups excluding tert-OH is 1. The number of aliphatic hydroxyl groups is 1. The average Bonchev–Trinajstić information content (AvgIpc) is 3.55. The second-order valence-electron chi connectivity index (χ2n) is 8.68. The third-order valence-electron chi connectivity index (χ3n) is 6.62. The van der Waals surface area contributed by atoms with Crippen molar-refractivity contribution in [3.63, 3.8) is 0 Å². The molecule has 2 fully saturated rings. The van der Waals surface area contributed by atoms with Gasteiger partial charge in [0.05, 0.1) is 5.57 Å². The lowest BCUT2D eigenvalue weighted by atomic mass is 9.83. The Kier molecular flexibility index (Phi) is 5.84. The molecule has 0 amide bonds. The van der Waals surface area contributed by atoms with Crippen molar-refractivity contribution in [2.24, 2.45) is 11.8 Å². The molecule has 1 aromatic carbocycles. The maximum Gasteiger partial charge on any atom is 0.339 e. The third-order valence-corrected chi connectivity index (χ3v) is 6.62. The molecule has 2 atom stereocenters. The van der Waals surface area contributed by atoms with Crippen molar-refractivity contribution in [2.75, 3.05) is 0 Å². The van der Waals surface area contributed by atoms with Gasteiger partial charge in [-0.05, 0) is 43.1 Å². The monoisotopic (exact) mass is 382 g/mol. The SMILES string of the molecule is O=C1OC(CCCC2CCCCC2)C(=O)C(O)=C1C(c1ccccc1)C1CC1.